The summed E-state index contributed by atoms with van der Waals surface area (Å²) in [6.45, 7) is 12.4. The summed E-state index contributed by atoms with van der Waals surface area (Å²) < 4.78 is 5.91. The molecule has 2 saturated heterocycles. The van der Waals surface area contributed by atoms with Gasteiger partial charge < -0.3 is 10.1 Å². The maximum absolute atomic E-state index is 5.91. The molecule has 0 aliphatic carbocycles. The molecule has 16 heavy (non-hydrogen) atoms. The van der Waals surface area contributed by atoms with Crippen LogP contribution in [0, 0.1) is 5.92 Å². The normalized spacial score (nSPS) is 37.1. The van der Waals surface area contributed by atoms with Crippen molar-refractivity contribution in [2.24, 2.45) is 5.92 Å². The first-order valence-corrected chi connectivity index (χ1v) is 6.69. The number of nitrogens with one attached hydrogen (secondary N) is 1. The van der Waals surface area contributed by atoms with Crippen LogP contribution < -0.4 is 5.32 Å². The van der Waals surface area contributed by atoms with Crippen LogP contribution in [-0.4, -0.2) is 49.3 Å². The first-order valence-electron chi connectivity index (χ1n) is 6.69. The lowest BCUT2D eigenvalue weighted by Gasteiger charge is -2.42. The summed E-state index contributed by atoms with van der Waals surface area (Å²) >= 11 is 0. The molecule has 2 heterocycles. The maximum atomic E-state index is 5.91. The van der Waals surface area contributed by atoms with Crippen molar-refractivity contribution >= 4 is 0 Å². The van der Waals surface area contributed by atoms with Gasteiger partial charge in [-0.3, -0.25) is 4.90 Å². The van der Waals surface area contributed by atoms with Gasteiger partial charge in [-0.25, -0.2) is 0 Å². The minimum absolute atomic E-state index is 0.116. The number of nitrogens with zero attached hydrogens (tertiary/aromatic N) is 1. The zero-order valence-electron chi connectivity index (χ0n) is 11.0. The molecule has 2 aliphatic rings. The molecule has 2 fully saturated rings. The van der Waals surface area contributed by atoms with E-state index in [2.05, 4.69) is 31.0 Å². The van der Waals surface area contributed by atoms with Gasteiger partial charge in [-0.1, -0.05) is 13.8 Å². The predicted molar refractivity (Wildman–Crippen MR) is 66.7 cm³/mol. The Morgan fingerprint density at radius 1 is 1.50 bits per heavy atom. The molecular formula is C13H26N2O. The monoisotopic (exact) mass is 226 g/mol. The third kappa shape index (κ3) is 2.76. The fourth-order valence-corrected chi connectivity index (χ4v) is 3.01. The summed E-state index contributed by atoms with van der Waals surface area (Å²) in [5.41, 5.74) is 0.116. The number of rotatable bonds is 3. The van der Waals surface area contributed by atoms with Gasteiger partial charge in [0.15, 0.2) is 0 Å². The molecule has 2 aliphatic heterocycles. The Morgan fingerprint density at radius 3 is 2.94 bits per heavy atom. The van der Waals surface area contributed by atoms with Gasteiger partial charge >= 0.3 is 0 Å². The molecule has 1 N–H and O–H groups in total. The second-order valence-electron chi connectivity index (χ2n) is 5.89. The molecule has 0 saturated carbocycles. The second-order valence-corrected chi connectivity index (χ2v) is 5.89. The smallest absolute Gasteiger partial charge is 0.0781 e. The summed E-state index contributed by atoms with van der Waals surface area (Å²) in [6.07, 6.45) is 2.46. The van der Waals surface area contributed by atoms with E-state index in [1.165, 1.54) is 19.4 Å². The van der Waals surface area contributed by atoms with Crippen LogP contribution >= 0.6 is 0 Å². The second kappa shape index (κ2) is 5.03. The summed E-state index contributed by atoms with van der Waals surface area (Å²) in [5.74, 6) is 0.720. The Labute approximate surface area is 99.5 Å². The van der Waals surface area contributed by atoms with Crippen molar-refractivity contribution in [1.29, 1.82) is 0 Å². The number of piperazine rings is 1. The predicted octanol–water partition coefficient (Wildman–Crippen LogP) is 1.49. The van der Waals surface area contributed by atoms with Crippen LogP contribution in [0.2, 0.25) is 0 Å². The zero-order chi connectivity index (χ0) is 11.6. The molecule has 94 valence electrons. The summed E-state index contributed by atoms with van der Waals surface area (Å²) in [7, 11) is 0. The molecule has 3 nitrogen and oxygen atoms in total. The highest BCUT2D eigenvalue weighted by Crippen LogP contribution is 2.27. The minimum atomic E-state index is 0.116. The van der Waals surface area contributed by atoms with Gasteiger partial charge in [-0.15, -0.1) is 0 Å². The van der Waals surface area contributed by atoms with E-state index in [-0.39, 0.29) is 5.60 Å². The summed E-state index contributed by atoms with van der Waals surface area (Å²) in [5, 5.41) is 3.50. The first kappa shape index (κ1) is 12.3. The highest BCUT2D eigenvalue weighted by Gasteiger charge is 2.35. The molecule has 2 atom stereocenters. The van der Waals surface area contributed by atoms with Crippen LogP contribution in [0.4, 0.5) is 0 Å². The van der Waals surface area contributed by atoms with Gasteiger partial charge in [0.2, 0.25) is 0 Å². The average molecular weight is 226 g/mol. The van der Waals surface area contributed by atoms with Crippen molar-refractivity contribution in [2.75, 3.05) is 32.8 Å². The van der Waals surface area contributed by atoms with Gasteiger partial charge in [-0.2, -0.15) is 0 Å². The molecule has 0 bridgehead atoms. The SMILES string of the molecule is CC(C)C1CNCCN1CC1(C)CCCO1. The number of ether oxygens (including phenoxy) is 1. The Bertz CT molecular complexity index is 224. The molecule has 0 radical (unpaired) electrons. The molecule has 0 aromatic rings. The van der Waals surface area contributed by atoms with E-state index < -0.39 is 0 Å². The summed E-state index contributed by atoms with van der Waals surface area (Å²) in [4.78, 5) is 2.63. The third-order valence-electron chi connectivity index (χ3n) is 4.01. The number of hydrogen-bond acceptors (Lipinski definition) is 3. The van der Waals surface area contributed by atoms with Crippen molar-refractivity contribution in [3.63, 3.8) is 0 Å². The Hall–Kier alpha value is -0.120. The van der Waals surface area contributed by atoms with Crippen molar-refractivity contribution in [2.45, 2.75) is 45.3 Å². The van der Waals surface area contributed by atoms with Crippen LogP contribution in [0.1, 0.15) is 33.6 Å². The minimum Gasteiger partial charge on any atom is -0.374 e. The van der Waals surface area contributed by atoms with Gasteiger partial charge in [0, 0.05) is 38.8 Å². The van der Waals surface area contributed by atoms with Crippen LogP contribution in [-0.2, 0) is 4.74 Å². The van der Waals surface area contributed by atoms with E-state index >= 15 is 0 Å². The fourth-order valence-electron chi connectivity index (χ4n) is 3.01. The van der Waals surface area contributed by atoms with Gasteiger partial charge in [0.25, 0.3) is 0 Å². The van der Waals surface area contributed by atoms with Crippen molar-refractivity contribution in [1.82, 2.24) is 10.2 Å². The first-order chi connectivity index (χ1) is 7.61. The molecule has 2 unspecified atom stereocenters. The van der Waals surface area contributed by atoms with E-state index in [0.717, 1.165) is 32.2 Å². The van der Waals surface area contributed by atoms with Crippen LogP contribution in [0.15, 0.2) is 0 Å². The van der Waals surface area contributed by atoms with Crippen LogP contribution in [0.5, 0.6) is 0 Å². The van der Waals surface area contributed by atoms with Crippen molar-refractivity contribution in [3.05, 3.63) is 0 Å². The molecule has 0 aromatic carbocycles. The largest absolute Gasteiger partial charge is 0.374 e. The molecule has 0 amide bonds. The zero-order valence-corrected chi connectivity index (χ0v) is 11.0. The highest BCUT2D eigenvalue weighted by atomic mass is 16.5. The quantitative estimate of drug-likeness (QED) is 0.789. The molecule has 3 heteroatoms. The lowest BCUT2D eigenvalue weighted by Crippen LogP contribution is -2.57. The van der Waals surface area contributed by atoms with Crippen molar-refractivity contribution < 1.29 is 4.74 Å². The van der Waals surface area contributed by atoms with Crippen LogP contribution in [0.25, 0.3) is 0 Å². The summed E-state index contributed by atoms with van der Waals surface area (Å²) in [6, 6.07) is 0.676. The van der Waals surface area contributed by atoms with E-state index in [0.29, 0.717) is 6.04 Å². The van der Waals surface area contributed by atoms with E-state index in [1.54, 1.807) is 0 Å². The maximum Gasteiger partial charge on any atom is 0.0781 e. The van der Waals surface area contributed by atoms with E-state index in [1.807, 2.05) is 0 Å². The topological polar surface area (TPSA) is 24.5 Å². The lowest BCUT2D eigenvalue weighted by molar-refractivity contribution is -0.0287. The standard InChI is InChI=1S/C13H26N2O/c1-11(2)12-9-14-6-7-15(12)10-13(3)5-4-8-16-13/h11-12,14H,4-10H2,1-3H3. The van der Waals surface area contributed by atoms with E-state index in [9.17, 15) is 0 Å². The highest BCUT2D eigenvalue weighted by molar-refractivity contribution is 4.90. The van der Waals surface area contributed by atoms with Crippen molar-refractivity contribution in [3.8, 4) is 0 Å². The molecule has 0 spiro atoms. The fraction of sp³-hybridized carbons (Fsp3) is 1.00. The number of hydrogen-bond donors (Lipinski definition) is 1. The molecular weight excluding hydrogens is 200 g/mol. The van der Waals surface area contributed by atoms with Gasteiger partial charge in [-0.05, 0) is 25.7 Å². The average Bonchev–Trinajstić information content (AvgIpc) is 2.65. The Kier molecular flexibility index (Phi) is 3.88. The van der Waals surface area contributed by atoms with E-state index in [4.69, 9.17) is 4.74 Å². The molecule has 2 rings (SSSR count). The lowest BCUT2D eigenvalue weighted by atomic mass is 9.96. The third-order valence-corrected chi connectivity index (χ3v) is 4.01. The van der Waals surface area contributed by atoms with Crippen LogP contribution in [0.3, 0.4) is 0 Å². The van der Waals surface area contributed by atoms with Gasteiger partial charge in [0.05, 0.1) is 5.60 Å². The molecule has 0 aromatic heterocycles. The Morgan fingerprint density at radius 2 is 2.31 bits per heavy atom. The Balaban J connectivity index is 1.95. The van der Waals surface area contributed by atoms with Gasteiger partial charge in [0.1, 0.15) is 0 Å².